The van der Waals surface area contributed by atoms with Crippen LogP contribution in [0.1, 0.15) is 5.69 Å². The summed E-state index contributed by atoms with van der Waals surface area (Å²) < 4.78 is 5.40. The molecule has 0 amide bonds. The number of benzene rings is 2. The summed E-state index contributed by atoms with van der Waals surface area (Å²) in [5, 5.41) is 14.9. The summed E-state index contributed by atoms with van der Waals surface area (Å²) in [6, 6.07) is 17.4. The Morgan fingerprint density at radius 3 is 2.39 bits per heavy atom. The molecule has 3 aromatic rings. The third-order valence-electron chi connectivity index (χ3n) is 5.18. The smallest absolute Gasteiger partial charge is 0.333 e. The first-order chi connectivity index (χ1) is 15.0. The van der Waals surface area contributed by atoms with E-state index in [1.54, 1.807) is 18.9 Å². The molecule has 0 aliphatic carbocycles. The van der Waals surface area contributed by atoms with Crippen LogP contribution in [0.3, 0.4) is 0 Å². The maximum Gasteiger partial charge on any atom is 0.333 e. The van der Waals surface area contributed by atoms with Crippen molar-refractivity contribution < 1.29 is 9.66 Å². The fourth-order valence-electron chi connectivity index (χ4n) is 3.54. The van der Waals surface area contributed by atoms with Gasteiger partial charge >= 0.3 is 5.69 Å². The Morgan fingerprint density at radius 2 is 1.74 bits per heavy atom. The Hall–Kier alpha value is -3.72. The van der Waals surface area contributed by atoms with Crippen LogP contribution in [-0.4, -0.2) is 48.2 Å². The molecule has 0 bridgehead atoms. The Kier molecular flexibility index (Phi) is 5.94. The van der Waals surface area contributed by atoms with Crippen molar-refractivity contribution in [3.8, 4) is 0 Å². The van der Waals surface area contributed by atoms with E-state index in [2.05, 4.69) is 20.2 Å². The van der Waals surface area contributed by atoms with Gasteiger partial charge in [0, 0.05) is 37.2 Å². The third kappa shape index (κ3) is 4.56. The first-order valence-corrected chi connectivity index (χ1v) is 10.0. The number of hydrogen-bond donors (Lipinski definition) is 1. The Morgan fingerprint density at radius 1 is 1.06 bits per heavy atom. The zero-order chi connectivity index (χ0) is 21.8. The van der Waals surface area contributed by atoms with E-state index in [9.17, 15) is 10.1 Å². The first kappa shape index (κ1) is 20.5. The van der Waals surface area contributed by atoms with E-state index in [4.69, 9.17) is 4.74 Å². The van der Waals surface area contributed by atoms with Crippen LogP contribution in [0.15, 0.2) is 54.6 Å². The van der Waals surface area contributed by atoms with Gasteiger partial charge in [-0.05, 0) is 43.3 Å². The van der Waals surface area contributed by atoms with Crippen molar-refractivity contribution in [3.05, 3.63) is 70.4 Å². The minimum absolute atomic E-state index is 0.112. The van der Waals surface area contributed by atoms with Crippen LogP contribution >= 0.6 is 0 Å². The zero-order valence-corrected chi connectivity index (χ0v) is 17.5. The number of aryl methyl sites for hydroxylation is 1. The maximum absolute atomic E-state index is 11.7. The van der Waals surface area contributed by atoms with Crippen LogP contribution in [0.4, 0.5) is 34.5 Å². The fourth-order valence-corrected chi connectivity index (χ4v) is 3.54. The van der Waals surface area contributed by atoms with Gasteiger partial charge in [0.2, 0.25) is 11.8 Å². The predicted molar refractivity (Wildman–Crippen MR) is 121 cm³/mol. The Balaban J connectivity index is 1.61. The van der Waals surface area contributed by atoms with Crippen LogP contribution in [0.5, 0.6) is 0 Å². The molecule has 1 aromatic heterocycles. The molecule has 0 spiro atoms. The summed E-state index contributed by atoms with van der Waals surface area (Å²) in [5.41, 5.74) is 2.91. The van der Waals surface area contributed by atoms with Gasteiger partial charge in [-0.3, -0.25) is 10.1 Å². The molecule has 0 atom stereocenters. The summed E-state index contributed by atoms with van der Waals surface area (Å²) in [7, 11) is 1.75. The van der Waals surface area contributed by atoms with E-state index in [0.29, 0.717) is 11.6 Å². The maximum atomic E-state index is 11.7. The number of aromatic nitrogens is 2. The van der Waals surface area contributed by atoms with Crippen molar-refractivity contribution >= 4 is 34.5 Å². The molecule has 0 unspecified atom stereocenters. The number of anilines is 5. The molecule has 9 nitrogen and oxygen atoms in total. The average molecular weight is 420 g/mol. The van der Waals surface area contributed by atoms with Crippen LogP contribution in [-0.2, 0) is 4.74 Å². The number of nitrogens with one attached hydrogen (secondary N) is 1. The van der Waals surface area contributed by atoms with Gasteiger partial charge in [0.05, 0.1) is 18.1 Å². The number of rotatable bonds is 6. The molecule has 1 saturated heterocycles. The van der Waals surface area contributed by atoms with Gasteiger partial charge < -0.3 is 19.9 Å². The SMILES string of the molecule is Cc1nc(Nc2ccc(N3CCOCC3)cc2)nc(N(C)c2ccccc2)c1[N+](=O)[O-]. The number of morpholine rings is 1. The van der Waals surface area contributed by atoms with Gasteiger partial charge in [-0.15, -0.1) is 0 Å². The standard InChI is InChI=1S/C22H24N6O3/c1-16-20(28(29)30)21(26(2)18-6-4-3-5-7-18)25-22(23-16)24-17-8-10-19(11-9-17)27-12-14-31-15-13-27/h3-11H,12-15H2,1-2H3,(H,23,24,25). The van der Waals surface area contributed by atoms with Crippen LogP contribution in [0.2, 0.25) is 0 Å². The van der Waals surface area contributed by atoms with Crippen molar-refractivity contribution in [1.82, 2.24) is 9.97 Å². The lowest BCUT2D eigenvalue weighted by Crippen LogP contribution is -2.36. The molecule has 4 rings (SSSR count). The topological polar surface area (TPSA) is 96.7 Å². The molecule has 2 heterocycles. The van der Waals surface area contributed by atoms with Gasteiger partial charge in [-0.2, -0.15) is 4.98 Å². The number of hydrogen-bond acceptors (Lipinski definition) is 8. The molecule has 1 aliphatic rings. The second-order valence-electron chi connectivity index (χ2n) is 7.23. The number of para-hydroxylation sites is 1. The van der Waals surface area contributed by atoms with Crippen molar-refractivity contribution in [2.24, 2.45) is 0 Å². The second-order valence-corrected chi connectivity index (χ2v) is 7.23. The van der Waals surface area contributed by atoms with Gasteiger partial charge in [-0.1, -0.05) is 18.2 Å². The van der Waals surface area contributed by atoms with E-state index in [1.165, 1.54) is 0 Å². The first-order valence-electron chi connectivity index (χ1n) is 10.0. The molecule has 1 N–H and O–H groups in total. The van der Waals surface area contributed by atoms with Gasteiger partial charge in [-0.25, -0.2) is 4.98 Å². The highest BCUT2D eigenvalue weighted by Gasteiger charge is 2.25. The predicted octanol–water partition coefficient (Wildman–Crippen LogP) is 4.04. The lowest BCUT2D eigenvalue weighted by atomic mass is 10.2. The highest BCUT2D eigenvalue weighted by Crippen LogP contribution is 2.34. The van der Waals surface area contributed by atoms with E-state index in [0.717, 1.165) is 43.4 Å². The summed E-state index contributed by atoms with van der Waals surface area (Å²) in [5.74, 6) is 0.538. The summed E-state index contributed by atoms with van der Waals surface area (Å²) in [6.45, 7) is 4.81. The van der Waals surface area contributed by atoms with Gasteiger partial charge in [0.25, 0.3) is 0 Å². The van der Waals surface area contributed by atoms with Crippen molar-refractivity contribution in [2.75, 3.05) is 48.5 Å². The van der Waals surface area contributed by atoms with E-state index >= 15 is 0 Å². The van der Waals surface area contributed by atoms with Gasteiger partial charge in [0.15, 0.2) is 0 Å². The lowest BCUT2D eigenvalue weighted by Gasteiger charge is -2.28. The normalized spacial score (nSPS) is 13.7. The third-order valence-corrected chi connectivity index (χ3v) is 5.18. The molecule has 160 valence electrons. The van der Waals surface area contributed by atoms with E-state index in [1.807, 2.05) is 54.6 Å². The quantitative estimate of drug-likeness (QED) is 0.471. The average Bonchev–Trinajstić information content (AvgIpc) is 2.79. The Bertz CT molecular complexity index is 1050. The Labute approximate surface area is 180 Å². The molecular formula is C22H24N6O3. The minimum Gasteiger partial charge on any atom is -0.378 e. The number of nitrogens with zero attached hydrogens (tertiary/aromatic N) is 5. The second kappa shape index (κ2) is 8.97. The van der Waals surface area contributed by atoms with Crippen molar-refractivity contribution in [3.63, 3.8) is 0 Å². The molecule has 31 heavy (non-hydrogen) atoms. The summed E-state index contributed by atoms with van der Waals surface area (Å²) in [6.07, 6.45) is 0. The molecule has 2 aromatic carbocycles. The number of nitro groups is 1. The lowest BCUT2D eigenvalue weighted by molar-refractivity contribution is -0.385. The molecule has 0 saturated carbocycles. The van der Waals surface area contributed by atoms with Crippen LogP contribution in [0, 0.1) is 17.0 Å². The zero-order valence-electron chi connectivity index (χ0n) is 17.5. The molecular weight excluding hydrogens is 396 g/mol. The highest BCUT2D eigenvalue weighted by atomic mass is 16.6. The fraction of sp³-hybridized carbons (Fsp3) is 0.273. The molecule has 9 heteroatoms. The highest BCUT2D eigenvalue weighted by molar-refractivity contribution is 5.71. The van der Waals surface area contributed by atoms with Crippen LogP contribution in [0.25, 0.3) is 0 Å². The molecule has 0 radical (unpaired) electrons. The van der Waals surface area contributed by atoms with E-state index < -0.39 is 4.92 Å². The van der Waals surface area contributed by atoms with Crippen molar-refractivity contribution in [1.29, 1.82) is 0 Å². The van der Waals surface area contributed by atoms with Gasteiger partial charge in [0.1, 0.15) is 5.69 Å². The van der Waals surface area contributed by atoms with Crippen molar-refractivity contribution in [2.45, 2.75) is 6.92 Å². The van der Waals surface area contributed by atoms with Crippen LogP contribution < -0.4 is 15.1 Å². The molecule has 1 fully saturated rings. The number of ether oxygens (including phenoxy) is 1. The van der Waals surface area contributed by atoms with E-state index in [-0.39, 0.29) is 11.5 Å². The summed E-state index contributed by atoms with van der Waals surface area (Å²) >= 11 is 0. The minimum atomic E-state index is -0.439. The summed E-state index contributed by atoms with van der Waals surface area (Å²) in [4.78, 5) is 24.0. The molecule has 1 aliphatic heterocycles. The monoisotopic (exact) mass is 420 g/mol. The largest absolute Gasteiger partial charge is 0.378 e.